The average molecular weight is 306 g/mol. The number of benzene rings is 2. The average Bonchev–Trinajstić information content (AvgIpc) is 2.46. The number of rotatable bonds is 6. The zero-order valence-corrected chi connectivity index (χ0v) is 12.5. The summed E-state index contributed by atoms with van der Waals surface area (Å²) >= 11 is 0. The lowest BCUT2D eigenvalue weighted by molar-refractivity contribution is 0.474. The van der Waals surface area contributed by atoms with E-state index in [-0.39, 0.29) is 10.6 Å². The predicted molar refractivity (Wildman–Crippen MR) is 82.7 cm³/mol. The molecule has 0 fully saturated rings. The molecule has 5 nitrogen and oxygen atoms in total. The molecular formula is C15H18N2O3S. The Morgan fingerprint density at radius 2 is 1.81 bits per heavy atom. The molecule has 112 valence electrons. The van der Waals surface area contributed by atoms with Crippen molar-refractivity contribution in [1.29, 1.82) is 0 Å². The molecule has 0 saturated carbocycles. The summed E-state index contributed by atoms with van der Waals surface area (Å²) in [4.78, 5) is 0.243. The highest BCUT2D eigenvalue weighted by molar-refractivity contribution is 7.89. The van der Waals surface area contributed by atoms with E-state index in [1.54, 1.807) is 49.4 Å². The van der Waals surface area contributed by atoms with Crippen LogP contribution < -0.4 is 10.0 Å². The van der Waals surface area contributed by atoms with Gasteiger partial charge in [0.1, 0.15) is 5.75 Å². The molecule has 0 atom stereocenters. The minimum atomic E-state index is -3.41. The molecule has 3 N–H and O–H groups in total. The highest BCUT2D eigenvalue weighted by Crippen LogP contribution is 2.16. The first-order valence-corrected chi connectivity index (χ1v) is 8.11. The van der Waals surface area contributed by atoms with Crippen molar-refractivity contribution >= 4 is 15.7 Å². The third-order valence-corrected chi connectivity index (χ3v) is 4.47. The fourth-order valence-electron chi connectivity index (χ4n) is 1.90. The van der Waals surface area contributed by atoms with Gasteiger partial charge in [-0.2, -0.15) is 0 Å². The van der Waals surface area contributed by atoms with E-state index in [9.17, 15) is 13.5 Å². The summed E-state index contributed by atoms with van der Waals surface area (Å²) in [5, 5.41) is 12.6. The molecule has 0 radical (unpaired) electrons. The molecule has 0 spiro atoms. The van der Waals surface area contributed by atoms with Gasteiger partial charge in [-0.05, 0) is 42.0 Å². The molecule has 6 heteroatoms. The lowest BCUT2D eigenvalue weighted by Gasteiger charge is -2.09. The molecule has 0 amide bonds. The van der Waals surface area contributed by atoms with Crippen molar-refractivity contribution in [2.75, 3.05) is 11.9 Å². The Bertz CT molecular complexity index is 697. The second-order valence-corrected chi connectivity index (χ2v) is 6.32. The standard InChI is InChI=1S/C15H18N2O3S/c1-2-17-21(19,20)15-8-6-13(7-9-15)16-11-12-4-3-5-14(18)10-12/h3-10,16-18H,2,11H2,1H3. The Labute approximate surface area is 124 Å². The number of phenols is 1. The van der Waals surface area contributed by atoms with Crippen LogP contribution in [0.15, 0.2) is 53.4 Å². The van der Waals surface area contributed by atoms with E-state index in [1.165, 1.54) is 0 Å². The van der Waals surface area contributed by atoms with Gasteiger partial charge in [0.15, 0.2) is 0 Å². The van der Waals surface area contributed by atoms with Crippen molar-refractivity contribution < 1.29 is 13.5 Å². The van der Waals surface area contributed by atoms with Crippen molar-refractivity contribution in [1.82, 2.24) is 4.72 Å². The molecular weight excluding hydrogens is 288 g/mol. The van der Waals surface area contributed by atoms with E-state index in [1.807, 2.05) is 6.07 Å². The van der Waals surface area contributed by atoms with Crippen molar-refractivity contribution in [3.05, 3.63) is 54.1 Å². The normalized spacial score (nSPS) is 11.3. The van der Waals surface area contributed by atoms with Crippen LogP contribution in [0.2, 0.25) is 0 Å². The quantitative estimate of drug-likeness (QED) is 0.765. The van der Waals surface area contributed by atoms with Gasteiger partial charge >= 0.3 is 0 Å². The number of sulfonamides is 1. The second-order valence-electron chi connectivity index (χ2n) is 4.55. The summed E-state index contributed by atoms with van der Waals surface area (Å²) in [6, 6.07) is 13.5. The summed E-state index contributed by atoms with van der Waals surface area (Å²) in [7, 11) is -3.41. The molecule has 2 aromatic rings. The van der Waals surface area contributed by atoms with Crippen LogP contribution in [0.25, 0.3) is 0 Å². The largest absolute Gasteiger partial charge is 0.508 e. The minimum Gasteiger partial charge on any atom is -0.508 e. The Kier molecular flexibility index (Phi) is 4.82. The van der Waals surface area contributed by atoms with E-state index in [0.29, 0.717) is 13.1 Å². The first kappa shape index (κ1) is 15.3. The first-order valence-electron chi connectivity index (χ1n) is 6.63. The molecule has 0 aliphatic rings. The van der Waals surface area contributed by atoms with E-state index in [2.05, 4.69) is 10.0 Å². The summed E-state index contributed by atoms with van der Waals surface area (Å²) in [6.07, 6.45) is 0. The van der Waals surface area contributed by atoms with Crippen molar-refractivity contribution in [2.24, 2.45) is 0 Å². The number of phenolic OH excluding ortho intramolecular Hbond substituents is 1. The number of nitrogens with one attached hydrogen (secondary N) is 2. The van der Waals surface area contributed by atoms with Gasteiger partial charge in [0, 0.05) is 18.8 Å². The smallest absolute Gasteiger partial charge is 0.240 e. The molecule has 0 saturated heterocycles. The topological polar surface area (TPSA) is 78.4 Å². The van der Waals surface area contributed by atoms with Gasteiger partial charge in [-0.3, -0.25) is 0 Å². The van der Waals surface area contributed by atoms with Crippen molar-refractivity contribution in [2.45, 2.75) is 18.4 Å². The van der Waals surface area contributed by atoms with Gasteiger partial charge in [-0.15, -0.1) is 0 Å². The van der Waals surface area contributed by atoms with Crippen LogP contribution >= 0.6 is 0 Å². The van der Waals surface area contributed by atoms with Gasteiger partial charge in [0.25, 0.3) is 0 Å². The molecule has 2 aromatic carbocycles. The van der Waals surface area contributed by atoms with Gasteiger partial charge in [0.2, 0.25) is 10.0 Å². The molecule has 0 aliphatic carbocycles. The maximum absolute atomic E-state index is 11.8. The fourth-order valence-corrected chi connectivity index (χ4v) is 2.94. The third kappa shape index (κ3) is 4.21. The van der Waals surface area contributed by atoms with Gasteiger partial charge < -0.3 is 10.4 Å². The van der Waals surface area contributed by atoms with Crippen LogP contribution in [-0.4, -0.2) is 20.1 Å². The van der Waals surface area contributed by atoms with Crippen LogP contribution in [0.3, 0.4) is 0 Å². The number of hydrogen-bond acceptors (Lipinski definition) is 4. The van der Waals surface area contributed by atoms with Crippen LogP contribution in [-0.2, 0) is 16.6 Å². The van der Waals surface area contributed by atoms with Crippen LogP contribution in [0.4, 0.5) is 5.69 Å². The maximum Gasteiger partial charge on any atom is 0.240 e. The van der Waals surface area contributed by atoms with E-state index >= 15 is 0 Å². The molecule has 0 unspecified atom stereocenters. The number of anilines is 1. The summed E-state index contributed by atoms with van der Waals surface area (Å²) in [5.41, 5.74) is 1.76. The summed E-state index contributed by atoms with van der Waals surface area (Å²) < 4.78 is 26.0. The van der Waals surface area contributed by atoms with Crippen molar-refractivity contribution in [3.63, 3.8) is 0 Å². The predicted octanol–water partition coefficient (Wildman–Crippen LogP) is 2.30. The molecule has 0 aromatic heterocycles. The molecule has 0 bridgehead atoms. The van der Waals surface area contributed by atoms with Crippen molar-refractivity contribution in [3.8, 4) is 5.75 Å². The third-order valence-electron chi connectivity index (χ3n) is 2.91. The summed E-state index contributed by atoms with van der Waals surface area (Å²) in [5.74, 6) is 0.224. The first-order chi connectivity index (χ1) is 10.0. The Morgan fingerprint density at radius 3 is 2.43 bits per heavy atom. The Balaban J connectivity index is 2.03. The van der Waals surface area contributed by atoms with Gasteiger partial charge in [0.05, 0.1) is 4.90 Å². The monoisotopic (exact) mass is 306 g/mol. The SMILES string of the molecule is CCNS(=O)(=O)c1ccc(NCc2cccc(O)c2)cc1. The summed E-state index contributed by atoms with van der Waals surface area (Å²) in [6.45, 7) is 2.65. The van der Waals surface area contributed by atoms with Crippen LogP contribution in [0, 0.1) is 0 Å². The Hall–Kier alpha value is -2.05. The van der Waals surface area contributed by atoms with Crippen LogP contribution in [0.5, 0.6) is 5.75 Å². The molecule has 21 heavy (non-hydrogen) atoms. The maximum atomic E-state index is 11.8. The van der Waals surface area contributed by atoms with Gasteiger partial charge in [-0.1, -0.05) is 19.1 Å². The highest BCUT2D eigenvalue weighted by atomic mass is 32.2. The molecule has 0 aliphatic heterocycles. The zero-order valence-electron chi connectivity index (χ0n) is 11.7. The molecule has 0 heterocycles. The van der Waals surface area contributed by atoms with E-state index < -0.39 is 10.0 Å². The van der Waals surface area contributed by atoms with E-state index in [0.717, 1.165) is 11.3 Å². The number of aromatic hydroxyl groups is 1. The number of hydrogen-bond donors (Lipinski definition) is 3. The van der Waals surface area contributed by atoms with Gasteiger partial charge in [-0.25, -0.2) is 13.1 Å². The lowest BCUT2D eigenvalue weighted by Crippen LogP contribution is -2.23. The van der Waals surface area contributed by atoms with Crippen LogP contribution in [0.1, 0.15) is 12.5 Å². The van der Waals surface area contributed by atoms with E-state index in [4.69, 9.17) is 0 Å². The minimum absolute atomic E-state index is 0.224. The Morgan fingerprint density at radius 1 is 1.10 bits per heavy atom. The second kappa shape index (κ2) is 6.60. The zero-order chi connectivity index (χ0) is 15.3. The highest BCUT2D eigenvalue weighted by Gasteiger charge is 2.11. The lowest BCUT2D eigenvalue weighted by atomic mass is 10.2. The fraction of sp³-hybridized carbons (Fsp3) is 0.200. The molecule has 2 rings (SSSR count).